The first-order valence-corrected chi connectivity index (χ1v) is 7.77. The van der Waals surface area contributed by atoms with Crippen molar-refractivity contribution < 1.29 is 18.7 Å². The molecule has 1 saturated heterocycles. The van der Waals surface area contributed by atoms with Crippen LogP contribution >= 0.6 is 0 Å². The van der Waals surface area contributed by atoms with Gasteiger partial charge in [0, 0.05) is 18.8 Å². The molecule has 0 aromatic heterocycles. The van der Waals surface area contributed by atoms with Crippen LogP contribution in [0, 0.1) is 11.6 Å². The predicted molar refractivity (Wildman–Crippen MR) is 79.9 cm³/mol. The zero-order valence-electron chi connectivity index (χ0n) is 12.4. The Morgan fingerprint density at radius 3 is 2.18 bits per heavy atom. The van der Waals surface area contributed by atoms with Gasteiger partial charge in [-0.25, -0.2) is 8.78 Å². The Bertz CT molecular complexity index is 557. The third-order valence-corrected chi connectivity index (χ3v) is 4.55. The summed E-state index contributed by atoms with van der Waals surface area (Å²) < 4.78 is 28.4. The molecule has 1 heterocycles. The quantitative estimate of drug-likeness (QED) is 0.902. The van der Waals surface area contributed by atoms with E-state index in [9.17, 15) is 18.7 Å². The summed E-state index contributed by atoms with van der Waals surface area (Å²) in [5.74, 6) is -1.95. The molecule has 1 amide bonds. The summed E-state index contributed by atoms with van der Waals surface area (Å²) in [4.78, 5) is 13.8. The van der Waals surface area contributed by atoms with Crippen molar-refractivity contribution in [2.75, 3.05) is 23.3 Å². The van der Waals surface area contributed by atoms with E-state index in [1.54, 1.807) is 4.90 Å². The Morgan fingerprint density at radius 1 is 1.09 bits per heavy atom. The van der Waals surface area contributed by atoms with E-state index in [1.807, 2.05) is 0 Å². The summed E-state index contributed by atoms with van der Waals surface area (Å²) >= 11 is 0. The first-order valence-electron chi connectivity index (χ1n) is 7.77. The zero-order chi connectivity index (χ0) is 15.7. The number of carbonyl (C=O) groups is 1. The van der Waals surface area contributed by atoms with Crippen LogP contribution in [-0.2, 0) is 4.79 Å². The van der Waals surface area contributed by atoms with E-state index < -0.39 is 23.1 Å². The highest BCUT2D eigenvalue weighted by atomic mass is 19.1. The van der Waals surface area contributed by atoms with Crippen LogP contribution in [0.5, 0.6) is 0 Å². The average molecular weight is 310 g/mol. The van der Waals surface area contributed by atoms with Crippen LogP contribution in [-0.4, -0.2) is 29.7 Å². The minimum Gasteiger partial charge on any atom is -0.380 e. The minimum atomic E-state index is -1.42. The number of halogens is 2. The maximum atomic E-state index is 14.2. The summed E-state index contributed by atoms with van der Waals surface area (Å²) in [6.45, 7) is 1.28. The predicted octanol–water partition coefficient (Wildman–Crippen LogP) is 2.81. The van der Waals surface area contributed by atoms with Gasteiger partial charge in [-0.1, -0.05) is 0 Å². The van der Waals surface area contributed by atoms with E-state index in [4.69, 9.17) is 0 Å². The zero-order valence-corrected chi connectivity index (χ0v) is 12.4. The first kappa shape index (κ1) is 15.2. The molecule has 1 saturated carbocycles. The maximum Gasteiger partial charge on any atom is 0.256 e. The fourth-order valence-corrected chi connectivity index (χ4v) is 3.31. The van der Waals surface area contributed by atoms with Crippen molar-refractivity contribution in [3.8, 4) is 0 Å². The lowest BCUT2D eigenvalue weighted by atomic mass is 10.0. The average Bonchev–Trinajstić information content (AvgIpc) is 3.10. The van der Waals surface area contributed by atoms with Crippen molar-refractivity contribution in [1.82, 2.24) is 0 Å². The van der Waals surface area contributed by atoms with E-state index in [-0.39, 0.29) is 11.4 Å². The van der Waals surface area contributed by atoms with Crippen LogP contribution in [0.1, 0.15) is 38.5 Å². The molecule has 4 nitrogen and oxygen atoms in total. The van der Waals surface area contributed by atoms with Crippen LogP contribution in [0.15, 0.2) is 12.1 Å². The van der Waals surface area contributed by atoms with Gasteiger partial charge in [-0.3, -0.25) is 4.79 Å². The SMILES string of the molecule is O=C(Nc1cc(F)c(N2CCCC2)c(F)c1)C1(O)CCCC1. The molecule has 1 aromatic carbocycles. The van der Waals surface area contributed by atoms with Crippen LogP contribution in [0.2, 0.25) is 0 Å². The topological polar surface area (TPSA) is 52.6 Å². The van der Waals surface area contributed by atoms with E-state index in [1.165, 1.54) is 0 Å². The summed E-state index contributed by atoms with van der Waals surface area (Å²) in [6, 6.07) is 2.24. The normalized spacial score (nSPS) is 20.4. The highest BCUT2D eigenvalue weighted by Crippen LogP contribution is 2.33. The van der Waals surface area contributed by atoms with E-state index in [2.05, 4.69) is 5.32 Å². The largest absolute Gasteiger partial charge is 0.380 e. The van der Waals surface area contributed by atoms with Crippen LogP contribution in [0.25, 0.3) is 0 Å². The highest BCUT2D eigenvalue weighted by molar-refractivity contribution is 5.97. The van der Waals surface area contributed by atoms with E-state index in [0.717, 1.165) is 37.8 Å². The van der Waals surface area contributed by atoms with Gasteiger partial charge in [0.15, 0.2) is 11.6 Å². The molecule has 2 N–H and O–H groups in total. The fourth-order valence-electron chi connectivity index (χ4n) is 3.31. The van der Waals surface area contributed by atoms with Crippen molar-refractivity contribution in [3.05, 3.63) is 23.8 Å². The molecular weight excluding hydrogens is 290 g/mol. The minimum absolute atomic E-state index is 0.0323. The Labute approximate surface area is 128 Å². The Hall–Kier alpha value is -1.69. The fraction of sp³-hybridized carbons (Fsp3) is 0.562. The Kier molecular flexibility index (Phi) is 4.04. The standard InChI is InChI=1S/C16H20F2N2O2/c17-12-9-11(19-15(21)16(22)5-1-2-6-16)10-13(18)14(12)20-7-3-4-8-20/h9-10,22H,1-8H2,(H,19,21). The van der Waals surface area contributed by atoms with Gasteiger partial charge in [0.1, 0.15) is 11.3 Å². The van der Waals surface area contributed by atoms with Crippen LogP contribution < -0.4 is 10.2 Å². The third-order valence-electron chi connectivity index (χ3n) is 4.55. The number of hydrogen-bond donors (Lipinski definition) is 2. The van der Waals surface area contributed by atoms with Crippen molar-refractivity contribution >= 4 is 17.3 Å². The van der Waals surface area contributed by atoms with E-state index >= 15 is 0 Å². The van der Waals surface area contributed by atoms with Crippen LogP contribution in [0.3, 0.4) is 0 Å². The molecular formula is C16H20F2N2O2. The molecule has 1 aromatic rings. The molecule has 0 radical (unpaired) electrons. The first-order chi connectivity index (χ1) is 10.5. The summed E-state index contributed by atoms with van der Waals surface area (Å²) in [5, 5.41) is 12.6. The van der Waals surface area contributed by atoms with Gasteiger partial charge in [0.05, 0.1) is 0 Å². The van der Waals surface area contributed by atoms with Gasteiger partial charge in [0.25, 0.3) is 5.91 Å². The number of nitrogens with one attached hydrogen (secondary N) is 1. The molecule has 6 heteroatoms. The monoisotopic (exact) mass is 310 g/mol. The number of aliphatic hydroxyl groups is 1. The molecule has 1 aliphatic heterocycles. The second kappa shape index (κ2) is 5.83. The van der Waals surface area contributed by atoms with Gasteiger partial charge in [-0.2, -0.15) is 0 Å². The molecule has 22 heavy (non-hydrogen) atoms. The molecule has 2 fully saturated rings. The Morgan fingerprint density at radius 2 is 1.64 bits per heavy atom. The summed E-state index contributed by atoms with van der Waals surface area (Å²) in [6.07, 6.45) is 4.17. The number of amides is 1. The van der Waals surface area contributed by atoms with Crippen molar-refractivity contribution in [2.24, 2.45) is 0 Å². The summed E-state index contributed by atoms with van der Waals surface area (Å²) in [7, 11) is 0. The molecule has 0 unspecified atom stereocenters. The van der Waals surface area contributed by atoms with Crippen molar-refractivity contribution in [3.63, 3.8) is 0 Å². The molecule has 0 spiro atoms. The second-order valence-corrected chi connectivity index (χ2v) is 6.18. The van der Waals surface area contributed by atoms with Gasteiger partial charge in [-0.15, -0.1) is 0 Å². The number of nitrogens with zero attached hydrogens (tertiary/aromatic N) is 1. The number of carbonyl (C=O) groups excluding carboxylic acids is 1. The number of hydrogen-bond acceptors (Lipinski definition) is 3. The smallest absolute Gasteiger partial charge is 0.256 e. The van der Waals surface area contributed by atoms with Crippen molar-refractivity contribution in [2.45, 2.75) is 44.1 Å². The van der Waals surface area contributed by atoms with Crippen molar-refractivity contribution in [1.29, 1.82) is 0 Å². The molecule has 0 atom stereocenters. The Balaban J connectivity index is 1.79. The second-order valence-electron chi connectivity index (χ2n) is 6.18. The number of anilines is 2. The molecule has 0 bridgehead atoms. The van der Waals surface area contributed by atoms with Crippen LogP contribution in [0.4, 0.5) is 20.2 Å². The van der Waals surface area contributed by atoms with Gasteiger partial charge >= 0.3 is 0 Å². The molecule has 2 aliphatic rings. The lowest BCUT2D eigenvalue weighted by Crippen LogP contribution is -2.40. The maximum absolute atomic E-state index is 14.2. The summed E-state index contributed by atoms with van der Waals surface area (Å²) in [5.41, 5.74) is -1.40. The molecule has 120 valence electrons. The van der Waals surface area contributed by atoms with E-state index in [0.29, 0.717) is 25.9 Å². The highest BCUT2D eigenvalue weighted by Gasteiger charge is 2.39. The third kappa shape index (κ3) is 2.79. The molecule has 1 aliphatic carbocycles. The lowest BCUT2D eigenvalue weighted by Gasteiger charge is -2.22. The lowest BCUT2D eigenvalue weighted by molar-refractivity contribution is -0.133. The number of rotatable bonds is 3. The van der Waals surface area contributed by atoms with Gasteiger partial charge in [0.2, 0.25) is 0 Å². The number of benzene rings is 1. The van der Waals surface area contributed by atoms with Gasteiger partial charge < -0.3 is 15.3 Å². The molecule has 3 rings (SSSR count). The van der Waals surface area contributed by atoms with Gasteiger partial charge in [-0.05, 0) is 50.7 Å².